The lowest BCUT2D eigenvalue weighted by atomic mass is 10.4. The molecule has 1 N–H and O–H groups in total. The molecule has 0 bridgehead atoms. The van der Waals surface area contributed by atoms with E-state index < -0.39 is 0 Å². The fourth-order valence-corrected chi connectivity index (χ4v) is 1.32. The van der Waals surface area contributed by atoms with E-state index in [9.17, 15) is 0 Å². The average Bonchev–Trinajstić information content (AvgIpc) is 2.62. The monoisotopic (exact) mass is 223 g/mol. The number of hydrogen-bond acceptors (Lipinski definition) is 4. The van der Waals surface area contributed by atoms with Crippen molar-refractivity contribution in [3.8, 4) is 0 Å². The highest BCUT2D eigenvalue weighted by molar-refractivity contribution is 6.29. The molecule has 2 rings (SSSR count). The molecule has 5 nitrogen and oxygen atoms in total. The van der Waals surface area contributed by atoms with Gasteiger partial charge in [-0.3, -0.25) is 4.68 Å². The Bertz CT molecular complexity index is 453. The van der Waals surface area contributed by atoms with E-state index in [-0.39, 0.29) is 0 Å². The Kier molecular flexibility index (Phi) is 2.82. The lowest BCUT2D eigenvalue weighted by Gasteiger charge is -2.02. The molecule has 0 aromatic carbocycles. The van der Waals surface area contributed by atoms with Crippen LogP contribution in [0.15, 0.2) is 24.7 Å². The third kappa shape index (κ3) is 2.66. The van der Waals surface area contributed by atoms with E-state index in [1.54, 1.807) is 10.7 Å². The van der Waals surface area contributed by atoms with Gasteiger partial charge in [0, 0.05) is 19.3 Å². The lowest BCUT2D eigenvalue weighted by molar-refractivity contribution is 0.747. The molecule has 0 radical (unpaired) electrons. The van der Waals surface area contributed by atoms with Gasteiger partial charge in [-0.25, -0.2) is 9.97 Å². The minimum Gasteiger partial charge on any atom is -0.364 e. The van der Waals surface area contributed by atoms with Crippen molar-refractivity contribution in [1.82, 2.24) is 19.7 Å². The summed E-state index contributed by atoms with van der Waals surface area (Å²) in [6.07, 6.45) is 3.31. The van der Waals surface area contributed by atoms with Gasteiger partial charge in [-0.1, -0.05) is 11.6 Å². The molecule has 0 aliphatic heterocycles. The van der Waals surface area contributed by atoms with E-state index in [0.29, 0.717) is 17.5 Å². The van der Waals surface area contributed by atoms with Crippen molar-refractivity contribution in [2.45, 2.75) is 6.54 Å². The van der Waals surface area contributed by atoms with Crippen LogP contribution in [-0.4, -0.2) is 19.7 Å². The van der Waals surface area contributed by atoms with Crippen LogP contribution in [0.2, 0.25) is 5.15 Å². The Morgan fingerprint density at radius 1 is 1.47 bits per heavy atom. The molecule has 0 aliphatic carbocycles. The van der Waals surface area contributed by atoms with E-state index in [1.807, 2.05) is 19.3 Å². The normalized spacial score (nSPS) is 10.3. The van der Waals surface area contributed by atoms with Crippen LogP contribution in [-0.2, 0) is 13.6 Å². The summed E-state index contributed by atoms with van der Waals surface area (Å²) in [5.74, 6) is 0.695. The molecule has 2 aromatic rings. The number of nitrogens with zero attached hydrogens (tertiary/aromatic N) is 4. The summed E-state index contributed by atoms with van der Waals surface area (Å²) in [7, 11) is 1.88. The maximum atomic E-state index is 5.72. The van der Waals surface area contributed by atoms with Crippen molar-refractivity contribution < 1.29 is 0 Å². The maximum Gasteiger partial charge on any atom is 0.134 e. The third-order valence-electron chi connectivity index (χ3n) is 1.85. The number of anilines is 1. The SMILES string of the molecule is Cn1ccc(CNc2cc(Cl)ncn2)n1. The van der Waals surface area contributed by atoms with Crippen molar-refractivity contribution in [2.24, 2.45) is 7.05 Å². The van der Waals surface area contributed by atoms with Gasteiger partial charge >= 0.3 is 0 Å². The highest BCUT2D eigenvalue weighted by atomic mass is 35.5. The number of aryl methyl sites for hydroxylation is 1. The van der Waals surface area contributed by atoms with Gasteiger partial charge in [-0.2, -0.15) is 5.10 Å². The molecule has 15 heavy (non-hydrogen) atoms. The second-order valence-electron chi connectivity index (χ2n) is 3.06. The standard InChI is InChI=1S/C9H10ClN5/c1-15-3-2-7(14-15)5-11-9-4-8(10)12-6-13-9/h2-4,6H,5H2,1H3,(H,11,12,13). The zero-order chi connectivity index (χ0) is 10.7. The second kappa shape index (κ2) is 4.27. The highest BCUT2D eigenvalue weighted by Gasteiger charge is 1.98. The largest absolute Gasteiger partial charge is 0.364 e. The molecule has 2 heterocycles. The van der Waals surface area contributed by atoms with E-state index in [4.69, 9.17) is 11.6 Å². The van der Waals surface area contributed by atoms with Gasteiger partial charge in [0.25, 0.3) is 0 Å². The van der Waals surface area contributed by atoms with E-state index in [1.165, 1.54) is 6.33 Å². The first-order valence-corrected chi connectivity index (χ1v) is 4.82. The van der Waals surface area contributed by atoms with Gasteiger partial charge < -0.3 is 5.32 Å². The van der Waals surface area contributed by atoms with Crippen LogP contribution in [0.4, 0.5) is 5.82 Å². The van der Waals surface area contributed by atoms with Crippen LogP contribution in [0.25, 0.3) is 0 Å². The molecule has 0 atom stereocenters. The molecule has 0 spiro atoms. The van der Waals surface area contributed by atoms with Crippen LogP contribution in [0.3, 0.4) is 0 Å². The average molecular weight is 224 g/mol. The summed E-state index contributed by atoms with van der Waals surface area (Å²) in [5, 5.41) is 7.75. The van der Waals surface area contributed by atoms with Crippen molar-refractivity contribution in [2.75, 3.05) is 5.32 Å². The summed E-state index contributed by atoms with van der Waals surface area (Å²) in [6.45, 7) is 0.619. The topological polar surface area (TPSA) is 55.6 Å². The predicted molar refractivity (Wildman–Crippen MR) is 57.6 cm³/mol. The van der Waals surface area contributed by atoms with Crippen LogP contribution < -0.4 is 5.32 Å². The summed E-state index contributed by atoms with van der Waals surface area (Å²) < 4.78 is 1.75. The summed E-state index contributed by atoms with van der Waals surface area (Å²) >= 11 is 5.72. The predicted octanol–water partition coefficient (Wildman–Crippen LogP) is 1.48. The van der Waals surface area contributed by atoms with Gasteiger partial charge in [0.2, 0.25) is 0 Å². The minimum atomic E-state index is 0.425. The smallest absolute Gasteiger partial charge is 0.134 e. The lowest BCUT2D eigenvalue weighted by Crippen LogP contribution is -2.02. The van der Waals surface area contributed by atoms with Crippen LogP contribution in [0.5, 0.6) is 0 Å². The number of halogens is 1. The molecule has 2 aromatic heterocycles. The van der Waals surface area contributed by atoms with Crippen LogP contribution in [0, 0.1) is 0 Å². The van der Waals surface area contributed by atoms with E-state index in [2.05, 4.69) is 20.4 Å². The molecule has 0 unspecified atom stereocenters. The molecule has 0 aliphatic rings. The number of rotatable bonds is 3. The third-order valence-corrected chi connectivity index (χ3v) is 2.06. The van der Waals surface area contributed by atoms with Gasteiger partial charge in [0.15, 0.2) is 0 Å². The Balaban J connectivity index is 1.99. The minimum absolute atomic E-state index is 0.425. The molecule has 0 saturated heterocycles. The van der Waals surface area contributed by atoms with Crippen molar-refractivity contribution in [3.63, 3.8) is 0 Å². The molecule has 78 valence electrons. The number of hydrogen-bond donors (Lipinski definition) is 1. The van der Waals surface area contributed by atoms with Crippen LogP contribution in [0.1, 0.15) is 5.69 Å². The first-order valence-electron chi connectivity index (χ1n) is 4.44. The van der Waals surface area contributed by atoms with Gasteiger partial charge in [-0.15, -0.1) is 0 Å². The quantitative estimate of drug-likeness (QED) is 0.801. The zero-order valence-electron chi connectivity index (χ0n) is 8.18. The Morgan fingerprint density at radius 3 is 3.00 bits per heavy atom. The van der Waals surface area contributed by atoms with Gasteiger partial charge in [-0.05, 0) is 6.07 Å². The summed E-state index contributed by atoms with van der Waals surface area (Å²) in [6, 6.07) is 3.61. The second-order valence-corrected chi connectivity index (χ2v) is 3.45. The van der Waals surface area contributed by atoms with E-state index in [0.717, 1.165) is 5.69 Å². The molecular formula is C9H10ClN5. The maximum absolute atomic E-state index is 5.72. The number of aromatic nitrogens is 4. The van der Waals surface area contributed by atoms with Gasteiger partial charge in [0.1, 0.15) is 17.3 Å². The Labute approximate surface area is 92.1 Å². The Hall–Kier alpha value is -1.62. The van der Waals surface area contributed by atoms with Crippen molar-refractivity contribution in [1.29, 1.82) is 0 Å². The summed E-state index contributed by atoms with van der Waals surface area (Å²) in [5.41, 5.74) is 0.951. The highest BCUT2D eigenvalue weighted by Crippen LogP contribution is 2.09. The summed E-state index contributed by atoms with van der Waals surface area (Å²) in [4.78, 5) is 7.81. The first-order chi connectivity index (χ1) is 7.24. The zero-order valence-corrected chi connectivity index (χ0v) is 8.94. The number of nitrogens with one attached hydrogen (secondary N) is 1. The fraction of sp³-hybridized carbons (Fsp3) is 0.222. The molecule has 0 saturated carbocycles. The van der Waals surface area contributed by atoms with Gasteiger partial charge in [0.05, 0.1) is 12.2 Å². The first kappa shape index (κ1) is 9.92. The van der Waals surface area contributed by atoms with E-state index >= 15 is 0 Å². The fourth-order valence-electron chi connectivity index (χ4n) is 1.17. The van der Waals surface area contributed by atoms with Crippen molar-refractivity contribution in [3.05, 3.63) is 35.5 Å². The molecular weight excluding hydrogens is 214 g/mol. The molecule has 0 amide bonds. The molecule has 6 heteroatoms. The van der Waals surface area contributed by atoms with Crippen LogP contribution >= 0.6 is 11.6 Å². The Morgan fingerprint density at radius 2 is 2.33 bits per heavy atom. The van der Waals surface area contributed by atoms with Crippen molar-refractivity contribution >= 4 is 17.4 Å². The molecule has 0 fully saturated rings.